The molecule has 0 atom stereocenters. The number of amides is 2. The first-order valence-corrected chi connectivity index (χ1v) is 13.4. The lowest BCUT2D eigenvalue weighted by atomic mass is 10.00. The van der Waals surface area contributed by atoms with Crippen LogP contribution >= 0.6 is 0 Å². The number of nitrogens with one attached hydrogen (secondary N) is 3. The van der Waals surface area contributed by atoms with Crippen LogP contribution in [-0.4, -0.2) is 59.0 Å². The van der Waals surface area contributed by atoms with Crippen molar-refractivity contribution in [3.05, 3.63) is 103 Å². The van der Waals surface area contributed by atoms with Crippen molar-refractivity contribution < 1.29 is 9.18 Å². The maximum absolute atomic E-state index is 15.1. The molecule has 1 aliphatic rings. The third kappa shape index (κ3) is 5.73. The number of carbonyl (C=O) groups excluding carboxylic acids is 1. The van der Waals surface area contributed by atoms with E-state index in [2.05, 4.69) is 61.7 Å². The molecule has 0 spiro atoms. The minimum Gasteiger partial charge on any atom is -0.346 e. The van der Waals surface area contributed by atoms with Crippen molar-refractivity contribution in [2.75, 3.05) is 43.9 Å². The summed E-state index contributed by atoms with van der Waals surface area (Å²) in [6.45, 7) is 5.21. The van der Waals surface area contributed by atoms with E-state index in [1.165, 1.54) is 11.6 Å². The van der Waals surface area contributed by atoms with Crippen LogP contribution in [0.5, 0.6) is 0 Å². The Labute approximate surface area is 232 Å². The van der Waals surface area contributed by atoms with Gasteiger partial charge in [0.05, 0.1) is 0 Å². The Bertz CT molecular complexity index is 1640. The standard InChI is InChI=1S/C32H31FN6O/c1-38-12-14-39(15-13-38)21-22-6-5-7-23(16-22)24-17-28-29(20-35-31(28)34-19-24)27-18-26(10-11-30(27)33)37-32(40)36-25-8-3-2-4-9-25/h2-11,16-20H,12-15,21H2,1H3,(H,34,35)(H2,36,37,40). The van der Waals surface area contributed by atoms with E-state index in [1.54, 1.807) is 30.5 Å². The van der Waals surface area contributed by atoms with Crippen LogP contribution in [0.15, 0.2) is 91.3 Å². The predicted octanol–water partition coefficient (Wildman–Crippen LogP) is 6.43. The zero-order chi connectivity index (χ0) is 27.5. The molecule has 6 rings (SSSR count). The normalized spacial score (nSPS) is 14.3. The number of hydrogen-bond donors (Lipinski definition) is 3. The number of nitrogens with zero attached hydrogens (tertiary/aromatic N) is 3. The number of halogens is 1. The summed E-state index contributed by atoms with van der Waals surface area (Å²) in [5.74, 6) is -0.380. The summed E-state index contributed by atoms with van der Waals surface area (Å²) in [7, 11) is 2.16. The number of likely N-dealkylation sites (N-methyl/N-ethyl adjacent to an activating group) is 1. The van der Waals surface area contributed by atoms with Crippen LogP contribution in [0.4, 0.5) is 20.6 Å². The van der Waals surface area contributed by atoms with Gasteiger partial charge in [-0.2, -0.15) is 0 Å². The zero-order valence-corrected chi connectivity index (χ0v) is 22.3. The summed E-state index contributed by atoms with van der Waals surface area (Å²) in [6, 6.07) is 23.9. The second kappa shape index (κ2) is 11.3. The maximum atomic E-state index is 15.1. The Morgan fingerprint density at radius 1 is 0.875 bits per heavy atom. The second-order valence-corrected chi connectivity index (χ2v) is 10.2. The molecule has 0 aliphatic carbocycles. The van der Waals surface area contributed by atoms with Gasteiger partial charge in [-0.25, -0.2) is 14.2 Å². The van der Waals surface area contributed by atoms with Crippen molar-refractivity contribution in [1.82, 2.24) is 19.8 Å². The van der Waals surface area contributed by atoms with Crippen molar-refractivity contribution in [2.24, 2.45) is 0 Å². The van der Waals surface area contributed by atoms with E-state index in [1.807, 2.05) is 30.5 Å². The van der Waals surface area contributed by atoms with Gasteiger partial charge in [0.2, 0.25) is 0 Å². The van der Waals surface area contributed by atoms with E-state index in [0.717, 1.165) is 49.2 Å². The van der Waals surface area contributed by atoms with E-state index in [4.69, 9.17) is 0 Å². The van der Waals surface area contributed by atoms with Gasteiger partial charge in [0.1, 0.15) is 11.5 Å². The smallest absolute Gasteiger partial charge is 0.323 e. The molecule has 1 fully saturated rings. The quantitative estimate of drug-likeness (QED) is 0.235. The summed E-state index contributed by atoms with van der Waals surface area (Å²) in [5.41, 5.74) is 6.19. The molecule has 1 saturated heterocycles. The number of anilines is 2. The van der Waals surface area contributed by atoms with Crippen molar-refractivity contribution in [1.29, 1.82) is 0 Å². The molecular weight excluding hydrogens is 503 g/mol. The number of aromatic nitrogens is 2. The summed E-state index contributed by atoms with van der Waals surface area (Å²) in [4.78, 5) is 25.1. The van der Waals surface area contributed by atoms with Crippen molar-refractivity contribution in [3.8, 4) is 22.3 Å². The van der Waals surface area contributed by atoms with Gasteiger partial charge in [-0.15, -0.1) is 0 Å². The van der Waals surface area contributed by atoms with Gasteiger partial charge in [0.15, 0.2) is 0 Å². The van der Waals surface area contributed by atoms with Gasteiger partial charge < -0.3 is 20.5 Å². The lowest BCUT2D eigenvalue weighted by Gasteiger charge is -2.32. The first kappa shape index (κ1) is 25.7. The number of carbonyl (C=O) groups is 1. The molecule has 7 nitrogen and oxygen atoms in total. The fourth-order valence-corrected chi connectivity index (χ4v) is 5.12. The molecule has 3 heterocycles. The molecule has 0 radical (unpaired) electrons. The van der Waals surface area contributed by atoms with E-state index < -0.39 is 6.03 Å². The van der Waals surface area contributed by atoms with Crippen LogP contribution in [-0.2, 0) is 6.54 Å². The van der Waals surface area contributed by atoms with E-state index in [0.29, 0.717) is 28.1 Å². The SMILES string of the molecule is CN1CCN(Cc2cccc(-c3cnc4[nH]cc(-c5cc(NC(=O)Nc6ccccc6)ccc5F)c4c3)c2)CC1. The summed E-state index contributed by atoms with van der Waals surface area (Å²) in [5, 5.41) is 6.39. The minimum absolute atomic E-state index is 0.380. The molecule has 2 aromatic heterocycles. The van der Waals surface area contributed by atoms with E-state index in [-0.39, 0.29) is 5.82 Å². The van der Waals surface area contributed by atoms with Crippen LogP contribution in [0.2, 0.25) is 0 Å². The average molecular weight is 535 g/mol. The molecule has 0 saturated carbocycles. The van der Waals surface area contributed by atoms with Crippen LogP contribution in [0.1, 0.15) is 5.56 Å². The lowest BCUT2D eigenvalue weighted by Crippen LogP contribution is -2.43. The Hall–Kier alpha value is -4.53. The van der Waals surface area contributed by atoms with Crippen LogP contribution in [0, 0.1) is 5.82 Å². The predicted molar refractivity (Wildman–Crippen MR) is 159 cm³/mol. The van der Waals surface area contributed by atoms with Gasteiger partial charge in [-0.3, -0.25) is 4.90 Å². The van der Waals surface area contributed by atoms with Gasteiger partial charge in [-0.05, 0) is 60.6 Å². The number of H-pyrrole nitrogens is 1. The second-order valence-electron chi connectivity index (χ2n) is 10.2. The van der Waals surface area contributed by atoms with E-state index >= 15 is 4.39 Å². The number of fused-ring (bicyclic) bond motifs is 1. The molecule has 40 heavy (non-hydrogen) atoms. The van der Waals surface area contributed by atoms with Gasteiger partial charge in [0, 0.05) is 78.6 Å². The Balaban J connectivity index is 1.25. The number of rotatable bonds is 6. The number of urea groups is 1. The van der Waals surface area contributed by atoms with Crippen LogP contribution in [0.25, 0.3) is 33.3 Å². The van der Waals surface area contributed by atoms with Crippen molar-refractivity contribution in [2.45, 2.75) is 6.54 Å². The number of aromatic amines is 1. The molecule has 5 aromatic rings. The molecule has 8 heteroatoms. The largest absolute Gasteiger partial charge is 0.346 e. The fraction of sp³-hybridized carbons (Fsp3) is 0.188. The van der Waals surface area contributed by atoms with E-state index in [9.17, 15) is 4.79 Å². The first-order valence-electron chi connectivity index (χ1n) is 13.4. The summed E-state index contributed by atoms with van der Waals surface area (Å²) < 4.78 is 15.1. The Kier molecular flexibility index (Phi) is 7.27. The third-order valence-electron chi connectivity index (χ3n) is 7.34. The average Bonchev–Trinajstić information content (AvgIpc) is 3.39. The topological polar surface area (TPSA) is 76.3 Å². The molecule has 3 N–H and O–H groups in total. The van der Waals surface area contributed by atoms with Crippen molar-refractivity contribution in [3.63, 3.8) is 0 Å². The fourth-order valence-electron chi connectivity index (χ4n) is 5.12. The number of para-hydroxylation sites is 1. The molecule has 1 aliphatic heterocycles. The highest BCUT2D eigenvalue weighted by Gasteiger charge is 2.16. The highest BCUT2D eigenvalue weighted by atomic mass is 19.1. The molecular formula is C32H31FN6O. The Morgan fingerprint density at radius 3 is 2.50 bits per heavy atom. The zero-order valence-electron chi connectivity index (χ0n) is 22.3. The number of benzene rings is 3. The number of piperazine rings is 1. The molecule has 2 amide bonds. The Morgan fingerprint density at radius 2 is 1.68 bits per heavy atom. The summed E-state index contributed by atoms with van der Waals surface area (Å²) in [6.07, 6.45) is 3.61. The number of hydrogen-bond acceptors (Lipinski definition) is 4. The first-order chi connectivity index (χ1) is 19.5. The monoisotopic (exact) mass is 534 g/mol. The summed E-state index contributed by atoms with van der Waals surface area (Å²) >= 11 is 0. The van der Waals surface area contributed by atoms with Gasteiger partial charge in [-0.1, -0.05) is 36.4 Å². The molecule has 3 aromatic carbocycles. The molecule has 0 unspecified atom stereocenters. The van der Waals surface area contributed by atoms with Gasteiger partial charge in [0.25, 0.3) is 0 Å². The number of pyridine rings is 1. The van der Waals surface area contributed by atoms with Gasteiger partial charge >= 0.3 is 6.03 Å². The maximum Gasteiger partial charge on any atom is 0.323 e. The van der Waals surface area contributed by atoms with Crippen molar-refractivity contribution >= 4 is 28.4 Å². The third-order valence-corrected chi connectivity index (χ3v) is 7.34. The molecule has 0 bridgehead atoms. The lowest BCUT2D eigenvalue weighted by molar-refractivity contribution is 0.148. The minimum atomic E-state index is -0.400. The highest BCUT2D eigenvalue weighted by Crippen LogP contribution is 2.34. The van der Waals surface area contributed by atoms with Crippen LogP contribution < -0.4 is 10.6 Å². The highest BCUT2D eigenvalue weighted by molar-refractivity contribution is 6.01. The molecule has 202 valence electrons. The van der Waals surface area contributed by atoms with Crippen LogP contribution in [0.3, 0.4) is 0 Å².